The second-order valence-electron chi connectivity index (χ2n) is 4.76. The second-order valence-corrected chi connectivity index (χ2v) is 4.76. The van der Waals surface area contributed by atoms with Crippen molar-refractivity contribution in [3.05, 3.63) is 0 Å². The lowest BCUT2D eigenvalue weighted by Crippen LogP contribution is -2.55. The highest BCUT2D eigenvalue weighted by Crippen LogP contribution is 2.29. The molecule has 4 atom stereocenters. The molecule has 1 aliphatic carbocycles. The highest BCUT2D eigenvalue weighted by atomic mass is 16.6. The van der Waals surface area contributed by atoms with Crippen molar-refractivity contribution in [3.63, 3.8) is 0 Å². The quantitative estimate of drug-likeness (QED) is 0.738. The molecule has 0 aromatic rings. The van der Waals surface area contributed by atoms with E-state index >= 15 is 0 Å². The fraction of sp³-hybridized carbons (Fsp3) is 1.00. The Balaban J connectivity index is 2.30. The fourth-order valence-electron chi connectivity index (χ4n) is 1.60. The molecule has 1 fully saturated rings. The molecule has 1 N–H and O–H groups in total. The number of ether oxygens (including phenoxy) is 2. The lowest BCUT2D eigenvalue weighted by molar-refractivity contribution is -0.209. The summed E-state index contributed by atoms with van der Waals surface area (Å²) in [6, 6.07) is 0. The molecule has 4 unspecified atom stereocenters. The summed E-state index contributed by atoms with van der Waals surface area (Å²) in [4.78, 5) is 0. The Morgan fingerprint density at radius 1 is 1.33 bits per heavy atom. The van der Waals surface area contributed by atoms with Gasteiger partial charge in [0.15, 0.2) is 0 Å². The Bertz CT molecular complexity index is 182. The van der Waals surface area contributed by atoms with E-state index in [1.807, 2.05) is 0 Å². The van der Waals surface area contributed by atoms with E-state index in [2.05, 4.69) is 27.7 Å². The highest BCUT2D eigenvalue weighted by molar-refractivity contribution is 4.92. The zero-order valence-electron chi connectivity index (χ0n) is 10.3. The molecule has 0 spiro atoms. The van der Waals surface area contributed by atoms with Gasteiger partial charge in [-0.1, -0.05) is 20.8 Å². The lowest BCUT2D eigenvalue weighted by atomic mass is 9.87. The molecule has 0 aliphatic heterocycles. The van der Waals surface area contributed by atoms with Gasteiger partial charge in [-0.3, -0.25) is 0 Å². The van der Waals surface area contributed by atoms with Crippen molar-refractivity contribution in [2.75, 3.05) is 6.61 Å². The minimum atomic E-state index is -0.332. The van der Waals surface area contributed by atoms with Crippen molar-refractivity contribution in [1.82, 2.24) is 0 Å². The third-order valence-electron chi connectivity index (χ3n) is 3.06. The van der Waals surface area contributed by atoms with Gasteiger partial charge in [0, 0.05) is 13.0 Å². The maximum absolute atomic E-state index is 9.55. The van der Waals surface area contributed by atoms with Gasteiger partial charge in [0.25, 0.3) is 0 Å². The van der Waals surface area contributed by atoms with Crippen LogP contribution >= 0.6 is 0 Å². The minimum absolute atomic E-state index is 0.0870. The molecule has 1 saturated carbocycles. The number of aliphatic hydroxyl groups excluding tert-OH is 1. The molecule has 3 nitrogen and oxygen atoms in total. The second kappa shape index (κ2) is 5.83. The van der Waals surface area contributed by atoms with Crippen LogP contribution in [0.4, 0.5) is 0 Å². The SMILES string of the molecule is CCCOC1C(O)CC1OC(C)C(C)C. The third-order valence-corrected chi connectivity index (χ3v) is 3.06. The third kappa shape index (κ3) is 3.44. The molecule has 0 aromatic heterocycles. The van der Waals surface area contributed by atoms with E-state index in [1.54, 1.807) is 0 Å². The largest absolute Gasteiger partial charge is 0.390 e. The molecule has 1 aliphatic rings. The fourth-order valence-corrected chi connectivity index (χ4v) is 1.60. The van der Waals surface area contributed by atoms with E-state index in [4.69, 9.17) is 9.47 Å². The van der Waals surface area contributed by atoms with Crippen LogP contribution in [0.2, 0.25) is 0 Å². The zero-order chi connectivity index (χ0) is 11.4. The summed E-state index contributed by atoms with van der Waals surface area (Å²) in [6.45, 7) is 9.13. The van der Waals surface area contributed by atoms with Gasteiger partial charge in [-0.15, -0.1) is 0 Å². The van der Waals surface area contributed by atoms with E-state index < -0.39 is 0 Å². The van der Waals surface area contributed by atoms with Crippen LogP contribution in [0.1, 0.15) is 40.5 Å². The summed E-state index contributed by atoms with van der Waals surface area (Å²) < 4.78 is 11.4. The smallest absolute Gasteiger partial charge is 0.110 e. The van der Waals surface area contributed by atoms with E-state index in [0.29, 0.717) is 18.9 Å². The van der Waals surface area contributed by atoms with Crippen molar-refractivity contribution in [1.29, 1.82) is 0 Å². The monoisotopic (exact) mass is 216 g/mol. The summed E-state index contributed by atoms with van der Waals surface area (Å²) in [7, 11) is 0. The summed E-state index contributed by atoms with van der Waals surface area (Å²) in [5.41, 5.74) is 0. The van der Waals surface area contributed by atoms with Crippen LogP contribution in [0, 0.1) is 5.92 Å². The van der Waals surface area contributed by atoms with Crippen LogP contribution in [0.5, 0.6) is 0 Å². The number of rotatable bonds is 6. The van der Waals surface area contributed by atoms with Gasteiger partial charge < -0.3 is 14.6 Å². The van der Waals surface area contributed by atoms with Crippen LogP contribution < -0.4 is 0 Å². The topological polar surface area (TPSA) is 38.7 Å². The van der Waals surface area contributed by atoms with Crippen LogP contribution in [-0.2, 0) is 9.47 Å². The molecule has 90 valence electrons. The molecular formula is C12H24O3. The van der Waals surface area contributed by atoms with Crippen molar-refractivity contribution in [3.8, 4) is 0 Å². The number of hydrogen-bond donors (Lipinski definition) is 1. The Labute approximate surface area is 92.8 Å². The highest BCUT2D eigenvalue weighted by Gasteiger charge is 2.42. The average Bonchev–Trinajstić information content (AvgIpc) is 2.17. The van der Waals surface area contributed by atoms with Crippen molar-refractivity contribution >= 4 is 0 Å². The maximum Gasteiger partial charge on any atom is 0.110 e. The van der Waals surface area contributed by atoms with Crippen LogP contribution in [0.25, 0.3) is 0 Å². The van der Waals surface area contributed by atoms with Crippen LogP contribution in [-0.4, -0.2) is 36.1 Å². The van der Waals surface area contributed by atoms with Crippen molar-refractivity contribution < 1.29 is 14.6 Å². The molecule has 1 rings (SSSR count). The lowest BCUT2D eigenvalue weighted by Gasteiger charge is -2.42. The summed E-state index contributed by atoms with van der Waals surface area (Å²) in [6.07, 6.45) is 1.58. The summed E-state index contributed by atoms with van der Waals surface area (Å²) in [5.74, 6) is 0.509. The predicted octanol–water partition coefficient (Wildman–Crippen LogP) is 1.98. The van der Waals surface area contributed by atoms with Crippen LogP contribution in [0.3, 0.4) is 0 Å². The van der Waals surface area contributed by atoms with E-state index in [9.17, 15) is 5.11 Å². The Morgan fingerprint density at radius 3 is 2.47 bits per heavy atom. The Morgan fingerprint density at radius 2 is 2.00 bits per heavy atom. The van der Waals surface area contributed by atoms with E-state index in [1.165, 1.54) is 0 Å². The standard InChI is InChI=1S/C12H24O3/c1-5-6-14-12-10(13)7-11(12)15-9(4)8(2)3/h8-13H,5-7H2,1-4H3. The zero-order valence-corrected chi connectivity index (χ0v) is 10.3. The minimum Gasteiger partial charge on any atom is -0.390 e. The molecule has 0 heterocycles. The van der Waals surface area contributed by atoms with Crippen LogP contribution in [0.15, 0.2) is 0 Å². The van der Waals surface area contributed by atoms with Crippen molar-refractivity contribution in [2.45, 2.75) is 65.0 Å². The summed E-state index contributed by atoms with van der Waals surface area (Å²) in [5, 5.41) is 9.55. The van der Waals surface area contributed by atoms with Gasteiger partial charge in [0.1, 0.15) is 6.10 Å². The molecule has 0 radical (unpaired) electrons. The molecule has 0 amide bonds. The molecule has 3 heteroatoms. The average molecular weight is 216 g/mol. The Kier molecular flexibility index (Phi) is 5.03. The summed E-state index contributed by atoms with van der Waals surface area (Å²) >= 11 is 0. The first-order chi connectivity index (χ1) is 7.06. The van der Waals surface area contributed by atoms with Gasteiger partial charge in [0.05, 0.1) is 18.3 Å². The molecular weight excluding hydrogens is 192 g/mol. The first-order valence-corrected chi connectivity index (χ1v) is 6.01. The first kappa shape index (κ1) is 12.9. The molecule has 0 bridgehead atoms. The first-order valence-electron chi connectivity index (χ1n) is 6.01. The Hall–Kier alpha value is -0.120. The molecule has 0 saturated heterocycles. The van der Waals surface area contributed by atoms with Gasteiger partial charge in [-0.2, -0.15) is 0 Å². The van der Waals surface area contributed by atoms with Gasteiger partial charge in [-0.25, -0.2) is 0 Å². The van der Waals surface area contributed by atoms with Gasteiger partial charge in [-0.05, 0) is 19.3 Å². The van der Waals surface area contributed by atoms with Crippen molar-refractivity contribution in [2.24, 2.45) is 5.92 Å². The number of hydrogen-bond acceptors (Lipinski definition) is 3. The van der Waals surface area contributed by atoms with Gasteiger partial charge in [0.2, 0.25) is 0 Å². The van der Waals surface area contributed by atoms with E-state index in [-0.39, 0.29) is 24.4 Å². The maximum atomic E-state index is 9.55. The number of aliphatic hydroxyl groups is 1. The van der Waals surface area contributed by atoms with Gasteiger partial charge >= 0.3 is 0 Å². The van der Waals surface area contributed by atoms with E-state index in [0.717, 1.165) is 6.42 Å². The normalized spacial score (nSPS) is 32.8. The predicted molar refractivity (Wildman–Crippen MR) is 59.8 cm³/mol. The molecule has 15 heavy (non-hydrogen) atoms. The molecule has 0 aromatic carbocycles.